The number of hydrogen-bond donors (Lipinski definition) is 2. The molecule has 1 aromatic carbocycles. The summed E-state index contributed by atoms with van der Waals surface area (Å²) in [6, 6.07) is 8.42. The number of amides is 1. The molecule has 0 aliphatic heterocycles. The van der Waals surface area contributed by atoms with Crippen LogP contribution in [0.4, 0.5) is 0 Å². The first-order valence-corrected chi connectivity index (χ1v) is 7.80. The van der Waals surface area contributed by atoms with Gasteiger partial charge in [0.1, 0.15) is 0 Å². The van der Waals surface area contributed by atoms with Gasteiger partial charge in [0.05, 0.1) is 6.04 Å². The Balaban J connectivity index is 2.46. The summed E-state index contributed by atoms with van der Waals surface area (Å²) in [5.41, 5.74) is 2.70. The topological polar surface area (TPSA) is 41.1 Å². The first-order chi connectivity index (χ1) is 9.70. The Morgan fingerprint density at radius 3 is 2.14 bits per heavy atom. The predicted octanol–water partition coefficient (Wildman–Crippen LogP) is 3.23. The molecule has 118 valence electrons. The summed E-state index contributed by atoms with van der Waals surface area (Å²) in [6.07, 6.45) is 0. The Hall–Kier alpha value is -1.35. The lowest BCUT2D eigenvalue weighted by atomic mass is 9.87. The van der Waals surface area contributed by atoms with Crippen molar-refractivity contribution < 1.29 is 4.79 Å². The van der Waals surface area contributed by atoms with Gasteiger partial charge in [0.2, 0.25) is 5.91 Å². The molecule has 0 saturated heterocycles. The van der Waals surface area contributed by atoms with Gasteiger partial charge in [-0.05, 0) is 29.4 Å². The SMILES string of the molecule is CC(C)CNC(=O)C(C)NCc1ccc(C(C)(C)C)cc1. The largest absolute Gasteiger partial charge is 0.354 e. The molecule has 21 heavy (non-hydrogen) atoms. The van der Waals surface area contributed by atoms with Crippen LogP contribution in [0.25, 0.3) is 0 Å². The van der Waals surface area contributed by atoms with Gasteiger partial charge in [-0.3, -0.25) is 4.79 Å². The zero-order chi connectivity index (χ0) is 16.0. The van der Waals surface area contributed by atoms with E-state index >= 15 is 0 Å². The first-order valence-electron chi connectivity index (χ1n) is 7.80. The molecule has 3 heteroatoms. The predicted molar refractivity (Wildman–Crippen MR) is 89.3 cm³/mol. The minimum Gasteiger partial charge on any atom is -0.354 e. The minimum atomic E-state index is -0.175. The highest BCUT2D eigenvalue weighted by Crippen LogP contribution is 2.22. The highest BCUT2D eigenvalue weighted by Gasteiger charge is 2.14. The number of carbonyl (C=O) groups is 1. The average Bonchev–Trinajstić information content (AvgIpc) is 2.41. The molecule has 0 aromatic heterocycles. The van der Waals surface area contributed by atoms with E-state index in [-0.39, 0.29) is 17.4 Å². The Morgan fingerprint density at radius 1 is 1.10 bits per heavy atom. The lowest BCUT2D eigenvalue weighted by Crippen LogP contribution is -2.42. The Labute approximate surface area is 129 Å². The van der Waals surface area contributed by atoms with Gasteiger partial charge < -0.3 is 10.6 Å². The second-order valence-corrected chi connectivity index (χ2v) is 7.19. The van der Waals surface area contributed by atoms with Crippen LogP contribution in [0.1, 0.15) is 52.7 Å². The number of nitrogens with one attached hydrogen (secondary N) is 2. The van der Waals surface area contributed by atoms with E-state index in [4.69, 9.17) is 0 Å². The molecule has 0 heterocycles. The summed E-state index contributed by atoms with van der Waals surface area (Å²) >= 11 is 0. The zero-order valence-electron chi connectivity index (χ0n) is 14.3. The molecule has 1 unspecified atom stereocenters. The fourth-order valence-electron chi connectivity index (χ4n) is 1.94. The number of benzene rings is 1. The molecule has 0 aliphatic carbocycles. The summed E-state index contributed by atoms with van der Waals surface area (Å²) in [7, 11) is 0. The third-order valence-electron chi connectivity index (χ3n) is 3.51. The Bertz CT molecular complexity index is 443. The maximum Gasteiger partial charge on any atom is 0.236 e. The van der Waals surface area contributed by atoms with E-state index in [0.29, 0.717) is 12.5 Å². The van der Waals surface area contributed by atoms with Crippen LogP contribution < -0.4 is 10.6 Å². The van der Waals surface area contributed by atoms with E-state index in [0.717, 1.165) is 6.54 Å². The van der Waals surface area contributed by atoms with Crippen molar-refractivity contribution >= 4 is 5.91 Å². The van der Waals surface area contributed by atoms with E-state index in [1.54, 1.807) is 0 Å². The third-order valence-corrected chi connectivity index (χ3v) is 3.51. The zero-order valence-corrected chi connectivity index (χ0v) is 14.3. The molecule has 1 aromatic rings. The quantitative estimate of drug-likeness (QED) is 0.844. The second-order valence-electron chi connectivity index (χ2n) is 7.19. The highest BCUT2D eigenvalue weighted by molar-refractivity contribution is 5.81. The molecule has 0 bridgehead atoms. The van der Waals surface area contributed by atoms with Gasteiger partial charge in [-0.15, -0.1) is 0 Å². The van der Waals surface area contributed by atoms with Crippen LogP contribution in [0.5, 0.6) is 0 Å². The molecule has 1 rings (SSSR count). The maximum atomic E-state index is 11.9. The van der Waals surface area contributed by atoms with Crippen LogP contribution in [-0.2, 0) is 16.8 Å². The van der Waals surface area contributed by atoms with Gasteiger partial charge in [0.15, 0.2) is 0 Å². The molecule has 0 radical (unpaired) electrons. The van der Waals surface area contributed by atoms with Gasteiger partial charge in [-0.25, -0.2) is 0 Å². The van der Waals surface area contributed by atoms with Crippen LogP contribution in [-0.4, -0.2) is 18.5 Å². The summed E-state index contributed by atoms with van der Waals surface area (Å²) < 4.78 is 0. The molecule has 1 atom stereocenters. The van der Waals surface area contributed by atoms with Crippen molar-refractivity contribution in [3.63, 3.8) is 0 Å². The van der Waals surface area contributed by atoms with E-state index < -0.39 is 0 Å². The summed E-state index contributed by atoms with van der Waals surface area (Å²) in [5.74, 6) is 0.543. The number of carbonyl (C=O) groups excluding carboxylic acids is 1. The van der Waals surface area contributed by atoms with Crippen molar-refractivity contribution in [3.8, 4) is 0 Å². The number of hydrogen-bond acceptors (Lipinski definition) is 2. The molecular weight excluding hydrogens is 260 g/mol. The molecule has 0 spiro atoms. The van der Waals surface area contributed by atoms with Crippen molar-refractivity contribution in [1.29, 1.82) is 0 Å². The fourth-order valence-corrected chi connectivity index (χ4v) is 1.94. The van der Waals surface area contributed by atoms with Crippen molar-refractivity contribution in [1.82, 2.24) is 10.6 Å². The molecule has 3 nitrogen and oxygen atoms in total. The third kappa shape index (κ3) is 6.30. The number of rotatable bonds is 6. The molecule has 1 amide bonds. The van der Waals surface area contributed by atoms with Gasteiger partial charge in [-0.2, -0.15) is 0 Å². The van der Waals surface area contributed by atoms with Crippen LogP contribution in [0.2, 0.25) is 0 Å². The lowest BCUT2D eigenvalue weighted by molar-refractivity contribution is -0.122. The molecule has 2 N–H and O–H groups in total. The molecule has 0 saturated carbocycles. The Kier molecular flexibility index (Phi) is 6.41. The fraction of sp³-hybridized carbons (Fsp3) is 0.611. The van der Waals surface area contributed by atoms with Gasteiger partial charge in [0, 0.05) is 13.1 Å². The molecule has 0 aliphatic rings. The van der Waals surface area contributed by atoms with Crippen LogP contribution in [0.3, 0.4) is 0 Å². The average molecular weight is 290 g/mol. The second kappa shape index (κ2) is 7.60. The van der Waals surface area contributed by atoms with E-state index in [9.17, 15) is 4.79 Å². The Morgan fingerprint density at radius 2 is 1.67 bits per heavy atom. The summed E-state index contributed by atoms with van der Waals surface area (Å²) in [4.78, 5) is 11.9. The lowest BCUT2D eigenvalue weighted by Gasteiger charge is -2.19. The smallest absolute Gasteiger partial charge is 0.236 e. The van der Waals surface area contributed by atoms with Crippen LogP contribution in [0, 0.1) is 5.92 Å². The van der Waals surface area contributed by atoms with Crippen molar-refractivity contribution in [2.75, 3.05) is 6.54 Å². The normalized spacial score (nSPS) is 13.3. The van der Waals surface area contributed by atoms with E-state index in [1.165, 1.54) is 11.1 Å². The summed E-state index contributed by atoms with van der Waals surface area (Å²) in [6.45, 7) is 14.2. The maximum absolute atomic E-state index is 11.9. The van der Waals surface area contributed by atoms with Crippen LogP contribution >= 0.6 is 0 Å². The molecule has 0 fully saturated rings. The first kappa shape index (κ1) is 17.7. The standard InChI is InChI=1S/C18H30N2O/c1-13(2)11-20-17(21)14(3)19-12-15-7-9-16(10-8-15)18(4,5)6/h7-10,13-14,19H,11-12H2,1-6H3,(H,20,21). The summed E-state index contributed by atoms with van der Waals surface area (Å²) in [5, 5.41) is 6.21. The van der Waals surface area contributed by atoms with Crippen LogP contribution in [0.15, 0.2) is 24.3 Å². The van der Waals surface area contributed by atoms with E-state index in [2.05, 4.69) is 69.5 Å². The van der Waals surface area contributed by atoms with Crippen molar-refractivity contribution in [3.05, 3.63) is 35.4 Å². The molecular formula is C18H30N2O. The monoisotopic (exact) mass is 290 g/mol. The van der Waals surface area contributed by atoms with Crippen molar-refractivity contribution in [2.24, 2.45) is 5.92 Å². The van der Waals surface area contributed by atoms with Gasteiger partial charge >= 0.3 is 0 Å². The van der Waals surface area contributed by atoms with Gasteiger partial charge in [-0.1, -0.05) is 58.9 Å². The van der Waals surface area contributed by atoms with Gasteiger partial charge in [0.25, 0.3) is 0 Å². The van der Waals surface area contributed by atoms with E-state index in [1.807, 2.05) is 6.92 Å². The van der Waals surface area contributed by atoms with Crippen molar-refractivity contribution in [2.45, 2.75) is 59.5 Å². The highest BCUT2D eigenvalue weighted by atomic mass is 16.2. The minimum absolute atomic E-state index is 0.0648.